The van der Waals surface area contributed by atoms with Gasteiger partial charge in [0.1, 0.15) is 0 Å². The van der Waals surface area contributed by atoms with Crippen molar-refractivity contribution in [1.82, 2.24) is 4.57 Å². The van der Waals surface area contributed by atoms with E-state index >= 15 is 0 Å². The second-order valence-electron chi connectivity index (χ2n) is 3.49. The quantitative estimate of drug-likeness (QED) is 0.830. The molecule has 1 heterocycles. The highest BCUT2D eigenvalue weighted by Crippen LogP contribution is 2.27. The number of halogens is 1. The number of fused-ring (bicyclic) bond motifs is 1. The zero-order valence-corrected chi connectivity index (χ0v) is 10.5. The molecule has 2 nitrogen and oxygen atoms in total. The van der Waals surface area contributed by atoms with Crippen LogP contribution in [-0.4, -0.2) is 11.7 Å². The Hall–Kier alpha value is -0.800. The minimum atomic E-state index is 0.662. The molecule has 3 heteroatoms. The molecule has 0 aliphatic carbocycles. The van der Waals surface area contributed by atoms with E-state index in [0.29, 0.717) is 6.61 Å². The predicted octanol–water partition coefficient (Wildman–Crippen LogP) is 3.57. The van der Waals surface area contributed by atoms with E-state index in [9.17, 15) is 0 Å². The number of benzene rings is 1. The Balaban J connectivity index is 2.67. The molecule has 0 bridgehead atoms. The van der Waals surface area contributed by atoms with Gasteiger partial charge in [0.05, 0.1) is 6.61 Å². The van der Waals surface area contributed by atoms with Crippen LogP contribution in [0.1, 0.15) is 12.6 Å². The maximum absolute atomic E-state index is 5.20. The Morgan fingerprint density at radius 1 is 1.40 bits per heavy atom. The summed E-state index contributed by atoms with van der Waals surface area (Å²) in [4.78, 5) is 0. The fourth-order valence-electron chi connectivity index (χ4n) is 1.94. The molecule has 1 aromatic heterocycles. The lowest BCUT2D eigenvalue weighted by Crippen LogP contribution is -2.00. The number of methoxy groups -OCH3 is 1. The summed E-state index contributed by atoms with van der Waals surface area (Å²) in [6, 6.07) is 8.46. The normalized spacial score (nSPS) is 11.1. The van der Waals surface area contributed by atoms with Gasteiger partial charge in [-0.3, -0.25) is 0 Å². The van der Waals surface area contributed by atoms with Crippen LogP contribution in [0.5, 0.6) is 0 Å². The zero-order valence-electron chi connectivity index (χ0n) is 8.96. The van der Waals surface area contributed by atoms with Crippen LogP contribution in [0, 0.1) is 0 Å². The predicted molar refractivity (Wildman–Crippen MR) is 66.0 cm³/mol. The first-order chi connectivity index (χ1) is 7.27. The number of ether oxygens (including phenoxy) is 1. The Labute approximate surface area is 98.0 Å². The third kappa shape index (κ3) is 1.82. The number of hydrogen-bond acceptors (Lipinski definition) is 1. The van der Waals surface area contributed by atoms with E-state index in [1.807, 2.05) is 0 Å². The van der Waals surface area contributed by atoms with Gasteiger partial charge in [0.15, 0.2) is 0 Å². The Morgan fingerprint density at radius 3 is 2.87 bits per heavy atom. The molecule has 0 radical (unpaired) electrons. The van der Waals surface area contributed by atoms with Crippen molar-refractivity contribution in [3.05, 3.63) is 34.4 Å². The highest BCUT2D eigenvalue weighted by atomic mass is 79.9. The molecule has 2 rings (SSSR count). The van der Waals surface area contributed by atoms with Crippen LogP contribution in [0.25, 0.3) is 10.9 Å². The third-order valence-corrected chi connectivity index (χ3v) is 3.28. The van der Waals surface area contributed by atoms with Crippen molar-refractivity contribution in [3.63, 3.8) is 0 Å². The first kappa shape index (κ1) is 10.7. The van der Waals surface area contributed by atoms with Gasteiger partial charge in [0.25, 0.3) is 0 Å². The fourth-order valence-corrected chi connectivity index (χ4v) is 2.41. The van der Waals surface area contributed by atoms with Crippen molar-refractivity contribution in [2.45, 2.75) is 20.1 Å². The average molecular weight is 268 g/mol. The monoisotopic (exact) mass is 267 g/mol. The molecule has 80 valence electrons. The highest BCUT2D eigenvalue weighted by Gasteiger charge is 2.08. The molecule has 2 aromatic rings. The van der Waals surface area contributed by atoms with Gasteiger partial charge < -0.3 is 9.30 Å². The molecule has 0 saturated heterocycles. The number of rotatable bonds is 3. The summed E-state index contributed by atoms with van der Waals surface area (Å²) in [5.41, 5.74) is 2.49. The van der Waals surface area contributed by atoms with E-state index < -0.39 is 0 Å². The second-order valence-corrected chi connectivity index (χ2v) is 4.34. The molecule has 0 unspecified atom stereocenters. The molecule has 0 atom stereocenters. The summed E-state index contributed by atoms with van der Waals surface area (Å²) in [5, 5.41) is 1.26. The Kier molecular flexibility index (Phi) is 3.12. The second kappa shape index (κ2) is 4.37. The van der Waals surface area contributed by atoms with E-state index in [1.165, 1.54) is 16.6 Å². The highest BCUT2D eigenvalue weighted by molar-refractivity contribution is 9.10. The summed E-state index contributed by atoms with van der Waals surface area (Å²) in [6.45, 7) is 3.78. The molecular formula is C12H14BrNO. The minimum absolute atomic E-state index is 0.662. The van der Waals surface area contributed by atoms with Crippen LogP contribution < -0.4 is 0 Å². The lowest BCUT2D eigenvalue weighted by atomic mass is 10.2. The molecule has 0 fully saturated rings. The summed E-state index contributed by atoms with van der Waals surface area (Å²) in [6.07, 6.45) is 0. The summed E-state index contributed by atoms with van der Waals surface area (Å²) >= 11 is 3.57. The smallest absolute Gasteiger partial charge is 0.0864 e. The van der Waals surface area contributed by atoms with Crippen molar-refractivity contribution >= 4 is 26.8 Å². The standard InChI is InChI=1S/C12H14BrNO/c1-3-14-9(8-15-2)7-10-11(13)5-4-6-12(10)14/h4-7H,3,8H2,1-2H3. The van der Waals surface area contributed by atoms with E-state index in [4.69, 9.17) is 4.74 Å². The van der Waals surface area contributed by atoms with Gasteiger partial charge in [-0.05, 0) is 25.1 Å². The van der Waals surface area contributed by atoms with Crippen molar-refractivity contribution in [1.29, 1.82) is 0 Å². The lowest BCUT2D eigenvalue weighted by molar-refractivity contribution is 0.178. The van der Waals surface area contributed by atoms with Crippen LogP contribution in [0.15, 0.2) is 28.7 Å². The van der Waals surface area contributed by atoms with Gasteiger partial charge in [-0.1, -0.05) is 22.0 Å². The SMILES string of the molecule is CCn1c(COC)cc2c(Br)cccc21. The minimum Gasteiger partial charge on any atom is -0.378 e. The molecule has 0 spiro atoms. The number of hydrogen-bond donors (Lipinski definition) is 0. The van der Waals surface area contributed by atoms with E-state index in [-0.39, 0.29) is 0 Å². The van der Waals surface area contributed by atoms with Crippen LogP contribution in [-0.2, 0) is 17.9 Å². The Morgan fingerprint density at radius 2 is 2.20 bits per heavy atom. The molecule has 0 N–H and O–H groups in total. The molecule has 0 aliphatic heterocycles. The summed E-state index contributed by atoms with van der Waals surface area (Å²) < 4.78 is 8.63. The maximum Gasteiger partial charge on any atom is 0.0864 e. The molecule has 15 heavy (non-hydrogen) atoms. The molecule has 1 aromatic carbocycles. The van der Waals surface area contributed by atoms with Gasteiger partial charge in [-0.2, -0.15) is 0 Å². The molecule has 0 amide bonds. The van der Waals surface area contributed by atoms with Crippen molar-refractivity contribution in [3.8, 4) is 0 Å². The van der Waals surface area contributed by atoms with Gasteiger partial charge in [-0.25, -0.2) is 0 Å². The van der Waals surface area contributed by atoms with Crippen LogP contribution in [0.2, 0.25) is 0 Å². The fraction of sp³-hybridized carbons (Fsp3) is 0.333. The molecule has 0 aliphatic rings. The van der Waals surface area contributed by atoms with Crippen molar-refractivity contribution in [2.24, 2.45) is 0 Å². The van der Waals surface area contributed by atoms with Gasteiger partial charge >= 0.3 is 0 Å². The van der Waals surface area contributed by atoms with E-state index in [2.05, 4.69) is 51.7 Å². The molecule has 0 saturated carbocycles. The third-order valence-electron chi connectivity index (χ3n) is 2.59. The van der Waals surface area contributed by atoms with Gasteiger partial charge in [-0.15, -0.1) is 0 Å². The largest absolute Gasteiger partial charge is 0.378 e. The van der Waals surface area contributed by atoms with Crippen LogP contribution in [0.4, 0.5) is 0 Å². The molecular weight excluding hydrogens is 254 g/mol. The first-order valence-corrected chi connectivity index (χ1v) is 5.82. The van der Waals surface area contributed by atoms with Gasteiger partial charge in [0.2, 0.25) is 0 Å². The zero-order chi connectivity index (χ0) is 10.8. The van der Waals surface area contributed by atoms with Gasteiger partial charge in [0, 0.05) is 34.7 Å². The van der Waals surface area contributed by atoms with E-state index in [1.54, 1.807) is 7.11 Å². The van der Waals surface area contributed by atoms with Crippen LogP contribution in [0.3, 0.4) is 0 Å². The first-order valence-electron chi connectivity index (χ1n) is 5.03. The Bertz CT molecular complexity index is 476. The maximum atomic E-state index is 5.20. The van der Waals surface area contributed by atoms with Crippen LogP contribution >= 0.6 is 15.9 Å². The number of aromatic nitrogens is 1. The van der Waals surface area contributed by atoms with E-state index in [0.717, 1.165) is 11.0 Å². The topological polar surface area (TPSA) is 14.2 Å². The summed E-state index contributed by atoms with van der Waals surface area (Å²) in [5.74, 6) is 0. The van der Waals surface area contributed by atoms with Crippen molar-refractivity contribution in [2.75, 3.05) is 7.11 Å². The van der Waals surface area contributed by atoms with Crippen molar-refractivity contribution < 1.29 is 4.74 Å². The summed E-state index contributed by atoms with van der Waals surface area (Å²) in [7, 11) is 1.73. The lowest BCUT2D eigenvalue weighted by Gasteiger charge is -2.06. The number of aryl methyl sites for hydroxylation is 1. The average Bonchev–Trinajstić information content (AvgIpc) is 2.58. The number of nitrogens with zero attached hydrogens (tertiary/aromatic N) is 1.